The van der Waals surface area contributed by atoms with Gasteiger partial charge >= 0.3 is 0 Å². The molecule has 6 nitrogen and oxygen atoms in total. The maximum Gasteiger partial charge on any atom is 0.248 e. The summed E-state index contributed by atoms with van der Waals surface area (Å²) in [7, 11) is -1.87. The van der Waals surface area contributed by atoms with Crippen LogP contribution in [0.25, 0.3) is 0 Å². The lowest BCUT2D eigenvalue weighted by molar-refractivity contribution is -0.117. The van der Waals surface area contributed by atoms with Crippen LogP contribution in [0.15, 0.2) is 12.1 Å². The van der Waals surface area contributed by atoms with Crippen molar-refractivity contribution in [2.75, 3.05) is 35.4 Å². The minimum absolute atomic E-state index is 0.0179. The van der Waals surface area contributed by atoms with Gasteiger partial charge in [0, 0.05) is 18.7 Å². The van der Waals surface area contributed by atoms with Crippen molar-refractivity contribution in [3.05, 3.63) is 17.9 Å². The quantitative estimate of drug-likeness (QED) is 0.812. The Kier molecular flexibility index (Phi) is 2.86. The zero-order chi connectivity index (χ0) is 14.5. The highest BCUT2D eigenvalue weighted by Crippen LogP contribution is 2.38. The van der Waals surface area contributed by atoms with Gasteiger partial charge in [0.15, 0.2) is 21.4 Å². The lowest BCUT2D eigenvalue weighted by atomic mass is 10.1. The van der Waals surface area contributed by atoms with Crippen molar-refractivity contribution in [2.45, 2.75) is 6.04 Å². The summed E-state index contributed by atoms with van der Waals surface area (Å²) >= 11 is 0. The van der Waals surface area contributed by atoms with E-state index in [9.17, 15) is 17.6 Å². The zero-order valence-corrected chi connectivity index (χ0v) is 11.5. The highest BCUT2D eigenvalue weighted by molar-refractivity contribution is 7.91. The van der Waals surface area contributed by atoms with Crippen molar-refractivity contribution < 1.29 is 22.3 Å². The van der Waals surface area contributed by atoms with E-state index >= 15 is 0 Å². The second-order valence-corrected chi connectivity index (χ2v) is 7.05. The van der Waals surface area contributed by atoms with Gasteiger partial charge in [0.05, 0.1) is 30.0 Å². The van der Waals surface area contributed by atoms with Crippen LogP contribution in [0.1, 0.15) is 0 Å². The number of hydrogen-bond acceptors (Lipinski definition) is 5. The molecule has 1 unspecified atom stereocenters. The summed E-state index contributed by atoms with van der Waals surface area (Å²) in [6.45, 7) is 0.211. The molecule has 3 rings (SSSR count). The lowest BCUT2D eigenvalue weighted by Crippen LogP contribution is -2.56. The Morgan fingerprint density at radius 2 is 2.20 bits per heavy atom. The number of sulfone groups is 1. The van der Waals surface area contributed by atoms with Gasteiger partial charge in [-0.05, 0) is 0 Å². The summed E-state index contributed by atoms with van der Waals surface area (Å²) in [5, 5.41) is 2.55. The van der Waals surface area contributed by atoms with E-state index in [1.54, 1.807) is 4.90 Å². The molecule has 0 radical (unpaired) electrons. The highest BCUT2D eigenvalue weighted by Gasteiger charge is 2.40. The maximum absolute atomic E-state index is 13.7. The van der Waals surface area contributed by atoms with E-state index in [1.807, 2.05) is 0 Å². The molecule has 8 heteroatoms. The summed E-state index contributed by atoms with van der Waals surface area (Å²) in [4.78, 5) is 13.7. The Bertz CT molecular complexity index is 689. The second kappa shape index (κ2) is 4.34. The third kappa shape index (κ3) is 2.00. The third-order valence-corrected chi connectivity index (χ3v) is 5.20. The number of benzene rings is 1. The molecule has 0 aliphatic carbocycles. The molecule has 0 bridgehead atoms. The van der Waals surface area contributed by atoms with Crippen LogP contribution >= 0.6 is 0 Å². The van der Waals surface area contributed by atoms with Crippen molar-refractivity contribution in [1.29, 1.82) is 0 Å². The fourth-order valence-corrected chi connectivity index (χ4v) is 4.02. The van der Waals surface area contributed by atoms with Gasteiger partial charge in [-0.3, -0.25) is 4.79 Å². The Morgan fingerprint density at radius 3 is 2.90 bits per heavy atom. The Hall–Kier alpha value is -1.83. The average molecular weight is 300 g/mol. The fraction of sp³-hybridized carbons (Fsp3) is 0.417. The SMILES string of the molecule is COc1cc2c(cc1F)NC(=O)C1CS(=O)(=O)CCN21. The van der Waals surface area contributed by atoms with E-state index in [0.717, 1.165) is 0 Å². The topological polar surface area (TPSA) is 75.7 Å². The van der Waals surface area contributed by atoms with Crippen LogP contribution in [-0.2, 0) is 14.6 Å². The molecular weight excluding hydrogens is 287 g/mol. The Morgan fingerprint density at radius 1 is 1.45 bits per heavy atom. The molecule has 1 atom stereocenters. The maximum atomic E-state index is 13.7. The Balaban J connectivity index is 2.08. The molecular formula is C12H13FN2O4S. The molecule has 0 spiro atoms. The molecule has 20 heavy (non-hydrogen) atoms. The normalized spacial score (nSPS) is 23.6. The fourth-order valence-electron chi connectivity index (χ4n) is 2.57. The molecule has 2 aliphatic rings. The molecule has 1 saturated heterocycles. The molecule has 1 amide bonds. The van der Waals surface area contributed by atoms with Crippen molar-refractivity contribution in [3.8, 4) is 5.75 Å². The number of anilines is 2. The number of nitrogens with zero attached hydrogens (tertiary/aromatic N) is 1. The van der Waals surface area contributed by atoms with Crippen LogP contribution in [0, 0.1) is 5.82 Å². The minimum Gasteiger partial charge on any atom is -0.494 e. The standard InChI is InChI=1S/C12H13FN2O4S/c1-19-11-5-9-8(4-7(11)13)14-12(16)10-6-20(17,18)3-2-15(9)10/h4-5,10H,2-3,6H2,1H3,(H,14,16). The van der Waals surface area contributed by atoms with Gasteiger partial charge in [-0.1, -0.05) is 0 Å². The van der Waals surface area contributed by atoms with Crippen LogP contribution in [0.3, 0.4) is 0 Å². The number of carbonyl (C=O) groups excluding carboxylic acids is 1. The predicted octanol–water partition coefficient (Wildman–Crippen LogP) is 0.390. The first-order valence-corrected chi connectivity index (χ1v) is 7.89. The minimum atomic E-state index is -3.22. The number of hydrogen-bond donors (Lipinski definition) is 1. The van der Waals surface area contributed by atoms with Crippen LogP contribution in [0.5, 0.6) is 5.75 Å². The molecule has 0 aromatic heterocycles. The van der Waals surface area contributed by atoms with E-state index < -0.39 is 27.6 Å². The van der Waals surface area contributed by atoms with E-state index in [-0.39, 0.29) is 23.8 Å². The monoisotopic (exact) mass is 300 g/mol. The summed E-state index contributed by atoms with van der Waals surface area (Å²) in [6.07, 6.45) is 0. The highest BCUT2D eigenvalue weighted by atomic mass is 32.2. The van der Waals surface area contributed by atoms with Crippen LogP contribution in [-0.4, -0.2) is 45.5 Å². The van der Waals surface area contributed by atoms with Gasteiger partial charge in [0.25, 0.3) is 0 Å². The second-order valence-electron chi connectivity index (χ2n) is 4.82. The first-order valence-electron chi connectivity index (χ1n) is 6.07. The van der Waals surface area contributed by atoms with E-state index in [0.29, 0.717) is 11.4 Å². The summed E-state index contributed by atoms with van der Waals surface area (Å²) in [5.74, 6) is -1.18. The Labute approximate surface area is 115 Å². The van der Waals surface area contributed by atoms with Crippen LogP contribution in [0.2, 0.25) is 0 Å². The number of rotatable bonds is 1. The molecule has 2 heterocycles. The van der Waals surface area contributed by atoms with Gasteiger partial charge < -0.3 is 15.0 Å². The van der Waals surface area contributed by atoms with E-state index in [1.165, 1.54) is 19.2 Å². The average Bonchev–Trinajstić information content (AvgIpc) is 2.38. The smallest absolute Gasteiger partial charge is 0.248 e. The van der Waals surface area contributed by atoms with E-state index in [2.05, 4.69) is 5.32 Å². The van der Waals surface area contributed by atoms with Crippen LogP contribution < -0.4 is 15.0 Å². The number of methoxy groups -OCH3 is 1. The number of halogens is 1. The van der Waals surface area contributed by atoms with Crippen LogP contribution in [0.4, 0.5) is 15.8 Å². The molecule has 1 N–H and O–H groups in total. The largest absolute Gasteiger partial charge is 0.494 e. The van der Waals surface area contributed by atoms with Crippen molar-refractivity contribution in [1.82, 2.24) is 0 Å². The van der Waals surface area contributed by atoms with Crippen molar-refractivity contribution in [2.24, 2.45) is 0 Å². The molecule has 0 saturated carbocycles. The zero-order valence-electron chi connectivity index (χ0n) is 10.7. The predicted molar refractivity (Wildman–Crippen MR) is 71.4 cm³/mol. The summed E-state index contributed by atoms with van der Waals surface area (Å²) < 4.78 is 41.9. The number of fused-ring (bicyclic) bond motifs is 3. The van der Waals surface area contributed by atoms with Gasteiger partial charge in [-0.2, -0.15) is 0 Å². The summed E-state index contributed by atoms with van der Waals surface area (Å²) in [5.41, 5.74) is 0.923. The molecule has 1 aromatic rings. The number of nitrogens with one attached hydrogen (secondary N) is 1. The molecule has 1 aromatic carbocycles. The summed E-state index contributed by atoms with van der Waals surface area (Å²) in [6, 6.07) is 1.90. The first-order chi connectivity index (χ1) is 9.41. The van der Waals surface area contributed by atoms with Gasteiger partial charge in [0.1, 0.15) is 6.04 Å². The van der Waals surface area contributed by atoms with Gasteiger partial charge in [-0.15, -0.1) is 0 Å². The number of amides is 1. The molecule has 108 valence electrons. The van der Waals surface area contributed by atoms with E-state index in [4.69, 9.17) is 4.74 Å². The number of ether oxygens (including phenoxy) is 1. The molecule has 2 aliphatic heterocycles. The first kappa shape index (κ1) is 13.2. The molecule has 1 fully saturated rings. The van der Waals surface area contributed by atoms with Crippen molar-refractivity contribution in [3.63, 3.8) is 0 Å². The van der Waals surface area contributed by atoms with Gasteiger partial charge in [-0.25, -0.2) is 12.8 Å². The van der Waals surface area contributed by atoms with Gasteiger partial charge in [0.2, 0.25) is 5.91 Å². The number of carbonyl (C=O) groups is 1. The lowest BCUT2D eigenvalue weighted by Gasteiger charge is -2.40. The van der Waals surface area contributed by atoms with Crippen molar-refractivity contribution >= 4 is 27.1 Å². The third-order valence-electron chi connectivity index (χ3n) is 3.57.